The Labute approximate surface area is 132 Å². The monoisotopic (exact) mass is 308 g/mol. The van der Waals surface area contributed by atoms with Crippen LogP contribution in [0.4, 0.5) is 0 Å². The molecule has 1 atom stereocenters. The van der Waals surface area contributed by atoms with Crippen molar-refractivity contribution in [2.75, 3.05) is 19.8 Å². The third kappa shape index (κ3) is 3.87. The van der Waals surface area contributed by atoms with E-state index in [0.29, 0.717) is 0 Å². The van der Waals surface area contributed by atoms with Crippen molar-refractivity contribution >= 4 is 0 Å². The zero-order valence-electron chi connectivity index (χ0n) is 13.4. The van der Waals surface area contributed by atoms with Crippen LogP contribution in [0, 0.1) is 12.3 Å². The third-order valence-electron chi connectivity index (χ3n) is 4.76. The number of ether oxygens (including phenoxy) is 1. The van der Waals surface area contributed by atoms with Gasteiger partial charge in [-0.15, -0.1) is 0 Å². The second-order valence-electron chi connectivity index (χ2n) is 6.52. The van der Waals surface area contributed by atoms with Gasteiger partial charge in [0.2, 0.25) is 0 Å². The molecule has 1 aliphatic rings. The van der Waals surface area contributed by atoms with Gasteiger partial charge in [-0.05, 0) is 25.3 Å². The van der Waals surface area contributed by atoms with E-state index >= 15 is 0 Å². The lowest BCUT2D eigenvalue weighted by molar-refractivity contribution is -0.146. The lowest BCUT2D eigenvalue weighted by Crippen LogP contribution is -2.43. The molecule has 22 heavy (non-hydrogen) atoms. The number of hydrogen-bond donors (Lipinski definition) is 3. The molecule has 0 amide bonds. The van der Waals surface area contributed by atoms with Crippen LogP contribution >= 0.6 is 0 Å². The summed E-state index contributed by atoms with van der Waals surface area (Å²) in [6.45, 7) is 1.07. The summed E-state index contributed by atoms with van der Waals surface area (Å²) < 4.78 is 6.28. The highest BCUT2D eigenvalue weighted by Crippen LogP contribution is 2.39. The first-order valence-corrected chi connectivity index (χ1v) is 8.20. The molecule has 1 unspecified atom stereocenters. The Morgan fingerprint density at radius 1 is 1.00 bits per heavy atom. The molecule has 0 spiro atoms. The fourth-order valence-electron chi connectivity index (χ4n) is 3.11. The van der Waals surface area contributed by atoms with E-state index in [-0.39, 0.29) is 25.9 Å². The lowest BCUT2D eigenvalue weighted by Gasteiger charge is -2.39. The third-order valence-corrected chi connectivity index (χ3v) is 4.76. The van der Waals surface area contributed by atoms with Crippen molar-refractivity contribution in [1.29, 1.82) is 0 Å². The molecule has 124 valence electrons. The largest absolute Gasteiger partial charge is 0.395 e. The molecule has 1 aliphatic carbocycles. The van der Waals surface area contributed by atoms with Crippen molar-refractivity contribution in [2.45, 2.75) is 51.2 Å². The first-order chi connectivity index (χ1) is 10.6. The van der Waals surface area contributed by atoms with Crippen molar-refractivity contribution in [3.8, 4) is 0 Å². The molecule has 0 bridgehead atoms. The molecule has 1 aromatic carbocycles. The van der Waals surface area contributed by atoms with Gasteiger partial charge in [0.1, 0.15) is 0 Å². The highest BCUT2D eigenvalue weighted by atomic mass is 16.5. The van der Waals surface area contributed by atoms with Crippen LogP contribution in [0.2, 0.25) is 0 Å². The SMILES string of the molecule is Cc1ccc(C(OC2CCCCC2)C(CO)(CO)CO)cc1. The minimum absolute atomic E-state index is 0.129. The standard InChI is InChI=1S/C18H28O4/c1-14-7-9-15(10-8-14)17(18(11-19,12-20)13-21)22-16-5-3-2-4-6-16/h7-10,16-17,19-21H,2-6,11-13H2,1H3. The summed E-state index contributed by atoms with van der Waals surface area (Å²) in [5, 5.41) is 29.4. The molecule has 0 aromatic heterocycles. The van der Waals surface area contributed by atoms with Gasteiger partial charge in [-0.2, -0.15) is 0 Å². The Bertz CT molecular complexity index is 425. The quantitative estimate of drug-likeness (QED) is 0.723. The molecule has 0 aliphatic heterocycles. The van der Waals surface area contributed by atoms with Crippen LogP contribution in [0.3, 0.4) is 0 Å². The number of hydrogen-bond acceptors (Lipinski definition) is 4. The summed E-state index contributed by atoms with van der Waals surface area (Å²) in [5.41, 5.74) is 0.975. The van der Waals surface area contributed by atoms with E-state index in [2.05, 4.69) is 0 Å². The fourth-order valence-corrected chi connectivity index (χ4v) is 3.11. The molecule has 1 fully saturated rings. The second kappa shape index (κ2) is 8.06. The van der Waals surface area contributed by atoms with E-state index < -0.39 is 11.5 Å². The van der Waals surface area contributed by atoms with E-state index in [0.717, 1.165) is 36.8 Å². The van der Waals surface area contributed by atoms with E-state index in [1.54, 1.807) is 0 Å². The van der Waals surface area contributed by atoms with E-state index in [1.165, 1.54) is 6.42 Å². The van der Waals surface area contributed by atoms with Crippen molar-refractivity contribution < 1.29 is 20.1 Å². The average molecular weight is 308 g/mol. The van der Waals surface area contributed by atoms with Crippen LogP contribution in [-0.2, 0) is 4.74 Å². The topological polar surface area (TPSA) is 69.9 Å². The highest BCUT2D eigenvalue weighted by molar-refractivity contribution is 5.25. The van der Waals surface area contributed by atoms with Gasteiger partial charge in [-0.25, -0.2) is 0 Å². The molecule has 4 heteroatoms. The number of aryl methyl sites for hydroxylation is 1. The Morgan fingerprint density at radius 2 is 1.55 bits per heavy atom. The molecule has 0 heterocycles. The van der Waals surface area contributed by atoms with Crippen molar-refractivity contribution in [2.24, 2.45) is 5.41 Å². The maximum Gasteiger partial charge on any atom is 0.0951 e. The smallest absolute Gasteiger partial charge is 0.0951 e. The molecular formula is C18H28O4. The number of rotatable bonds is 7. The minimum Gasteiger partial charge on any atom is -0.395 e. The van der Waals surface area contributed by atoms with Gasteiger partial charge >= 0.3 is 0 Å². The van der Waals surface area contributed by atoms with Crippen LogP contribution in [0.5, 0.6) is 0 Å². The minimum atomic E-state index is -1.06. The molecule has 4 nitrogen and oxygen atoms in total. The summed E-state index contributed by atoms with van der Waals surface area (Å²) in [6, 6.07) is 7.89. The fraction of sp³-hybridized carbons (Fsp3) is 0.667. The number of aliphatic hydroxyl groups is 3. The van der Waals surface area contributed by atoms with Gasteiger partial charge in [-0.1, -0.05) is 49.1 Å². The molecule has 0 radical (unpaired) electrons. The first kappa shape index (κ1) is 17.4. The Balaban J connectivity index is 2.28. The van der Waals surface area contributed by atoms with Crippen LogP contribution in [0.25, 0.3) is 0 Å². The summed E-state index contributed by atoms with van der Waals surface area (Å²) in [4.78, 5) is 0. The van der Waals surface area contributed by atoms with Crippen molar-refractivity contribution in [3.05, 3.63) is 35.4 Å². The highest BCUT2D eigenvalue weighted by Gasteiger charge is 2.41. The molecule has 1 aromatic rings. The van der Waals surface area contributed by atoms with Gasteiger partial charge in [0, 0.05) is 0 Å². The normalized spacial score (nSPS) is 18.4. The predicted molar refractivity (Wildman–Crippen MR) is 85.6 cm³/mol. The van der Waals surface area contributed by atoms with E-state index in [9.17, 15) is 15.3 Å². The van der Waals surface area contributed by atoms with Gasteiger partial charge in [-0.3, -0.25) is 0 Å². The number of benzene rings is 1. The number of aliphatic hydroxyl groups excluding tert-OH is 3. The summed E-state index contributed by atoms with van der Waals surface area (Å²) in [6.07, 6.45) is 5.16. The second-order valence-corrected chi connectivity index (χ2v) is 6.52. The summed E-state index contributed by atoms with van der Waals surface area (Å²) >= 11 is 0. The van der Waals surface area contributed by atoms with Crippen LogP contribution in [-0.4, -0.2) is 41.2 Å². The Kier molecular flexibility index (Phi) is 6.38. The van der Waals surface area contributed by atoms with Crippen molar-refractivity contribution in [3.63, 3.8) is 0 Å². The Morgan fingerprint density at radius 3 is 2.05 bits per heavy atom. The van der Waals surface area contributed by atoms with Crippen LogP contribution < -0.4 is 0 Å². The first-order valence-electron chi connectivity index (χ1n) is 8.20. The molecule has 1 saturated carbocycles. The molecular weight excluding hydrogens is 280 g/mol. The molecule has 3 N–H and O–H groups in total. The lowest BCUT2D eigenvalue weighted by atomic mass is 9.80. The van der Waals surface area contributed by atoms with Crippen molar-refractivity contribution in [1.82, 2.24) is 0 Å². The average Bonchev–Trinajstić information content (AvgIpc) is 2.58. The maximum absolute atomic E-state index is 9.79. The predicted octanol–water partition coefficient (Wildman–Crippen LogP) is 2.35. The van der Waals surface area contributed by atoms with Crippen LogP contribution in [0.1, 0.15) is 49.3 Å². The van der Waals surface area contributed by atoms with Gasteiger partial charge in [0.15, 0.2) is 0 Å². The Hall–Kier alpha value is -0.940. The van der Waals surface area contributed by atoms with Gasteiger partial charge in [0.25, 0.3) is 0 Å². The van der Waals surface area contributed by atoms with E-state index in [4.69, 9.17) is 4.74 Å². The molecule has 0 saturated heterocycles. The maximum atomic E-state index is 9.79. The van der Waals surface area contributed by atoms with Gasteiger partial charge in [0.05, 0.1) is 37.4 Å². The summed E-state index contributed by atoms with van der Waals surface area (Å²) in [5.74, 6) is 0. The zero-order valence-corrected chi connectivity index (χ0v) is 13.4. The zero-order chi connectivity index (χ0) is 16.0. The van der Waals surface area contributed by atoms with E-state index in [1.807, 2.05) is 31.2 Å². The summed E-state index contributed by atoms with van der Waals surface area (Å²) in [7, 11) is 0. The van der Waals surface area contributed by atoms with Crippen LogP contribution in [0.15, 0.2) is 24.3 Å². The van der Waals surface area contributed by atoms with Gasteiger partial charge < -0.3 is 20.1 Å². The molecule has 2 rings (SSSR count).